The number of hydrogen-bond acceptors (Lipinski definition) is 3. The van der Waals surface area contributed by atoms with Crippen LogP contribution in [-0.4, -0.2) is 33.9 Å². The minimum absolute atomic E-state index is 0.0256. The summed E-state index contributed by atoms with van der Waals surface area (Å²) < 4.78 is 43.0. The van der Waals surface area contributed by atoms with E-state index in [0.29, 0.717) is 11.1 Å². The number of halogens is 4. The van der Waals surface area contributed by atoms with Crippen molar-refractivity contribution in [1.82, 2.24) is 5.32 Å². The van der Waals surface area contributed by atoms with Gasteiger partial charge in [0.25, 0.3) is 0 Å². The van der Waals surface area contributed by atoms with Crippen LogP contribution in [0.4, 0.5) is 13.2 Å². The number of alkyl halides is 4. The van der Waals surface area contributed by atoms with Gasteiger partial charge < -0.3 is 10.4 Å². The lowest BCUT2D eigenvalue weighted by Gasteiger charge is -2.40. The van der Waals surface area contributed by atoms with Gasteiger partial charge in [-0.2, -0.15) is 13.2 Å². The van der Waals surface area contributed by atoms with Gasteiger partial charge in [-0.15, -0.1) is 0 Å². The van der Waals surface area contributed by atoms with Crippen molar-refractivity contribution in [2.75, 3.05) is 0 Å². The lowest BCUT2D eigenvalue weighted by Crippen LogP contribution is -2.54. The van der Waals surface area contributed by atoms with Crippen molar-refractivity contribution < 1.29 is 32.7 Å². The highest BCUT2D eigenvalue weighted by molar-refractivity contribution is 6.26. The van der Waals surface area contributed by atoms with Crippen LogP contribution in [0.15, 0.2) is 121 Å². The summed E-state index contributed by atoms with van der Waals surface area (Å²) in [5, 5.41) is 12.1. The Hall–Kier alpha value is -4.69. The maximum absolute atomic E-state index is 14.3. The van der Waals surface area contributed by atoms with Gasteiger partial charge in [0.05, 0.1) is 16.9 Å². The fourth-order valence-electron chi connectivity index (χ4n) is 6.11. The molecule has 2 N–H and O–H groups in total. The zero-order valence-electron chi connectivity index (χ0n) is 24.9. The molecule has 236 valence electrons. The standard InChI is InChI=1S/C37H31ClF3NO4/c1-24-23-36(38,21-18-30(24)28-10-6-3-7-11-28)42-32(43)31(22-25-12-14-29(15-13-25)33(44)45)35(34(46)37(39,40)41)19-16-27(17-20-35)26-8-4-2-5-9-26/h2-19,21,31H,20,22-23H2,1H3,(H,42,43)(H,44,45). The Morgan fingerprint density at radius 1 is 0.891 bits per heavy atom. The van der Waals surface area contributed by atoms with Crippen molar-refractivity contribution in [3.63, 3.8) is 0 Å². The minimum atomic E-state index is -5.25. The number of carboxylic acid groups (broad SMARTS) is 1. The van der Waals surface area contributed by atoms with Gasteiger partial charge in [-0.1, -0.05) is 114 Å². The fourth-order valence-corrected chi connectivity index (χ4v) is 6.47. The number of hydrogen-bond donors (Lipinski definition) is 2. The van der Waals surface area contributed by atoms with Crippen LogP contribution in [-0.2, 0) is 16.0 Å². The molecule has 2 aliphatic rings. The first-order chi connectivity index (χ1) is 21.8. The zero-order chi connectivity index (χ0) is 33.1. The Kier molecular flexibility index (Phi) is 9.22. The molecule has 0 aliphatic heterocycles. The zero-order valence-corrected chi connectivity index (χ0v) is 25.6. The molecule has 5 rings (SSSR count). The van der Waals surface area contributed by atoms with Crippen molar-refractivity contribution in [3.8, 4) is 0 Å². The molecule has 2 aliphatic carbocycles. The molecule has 5 nitrogen and oxygen atoms in total. The van der Waals surface area contributed by atoms with Crippen LogP contribution in [0.1, 0.15) is 46.8 Å². The number of rotatable bonds is 9. The Morgan fingerprint density at radius 3 is 2.02 bits per heavy atom. The smallest absolute Gasteiger partial charge is 0.450 e. The number of carbonyl (C=O) groups is 3. The third-order valence-corrected chi connectivity index (χ3v) is 8.85. The first kappa shape index (κ1) is 32.7. The number of Topliss-reactive ketones (excluding diaryl/α,β-unsaturated/α-hetero) is 1. The molecule has 9 heteroatoms. The average Bonchev–Trinajstić information content (AvgIpc) is 3.03. The summed E-state index contributed by atoms with van der Waals surface area (Å²) in [5.74, 6) is -5.61. The van der Waals surface area contributed by atoms with Crippen molar-refractivity contribution in [1.29, 1.82) is 0 Å². The van der Waals surface area contributed by atoms with Gasteiger partial charge in [-0.25, -0.2) is 4.79 Å². The summed E-state index contributed by atoms with van der Waals surface area (Å²) in [4.78, 5) is 37.5. The molecule has 3 atom stereocenters. The van der Waals surface area contributed by atoms with Gasteiger partial charge >= 0.3 is 12.1 Å². The lowest BCUT2D eigenvalue weighted by molar-refractivity contribution is -0.183. The number of nitrogens with one attached hydrogen (secondary N) is 1. The summed E-state index contributed by atoms with van der Waals surface area (Å²) >= 11 is 6.92. The molecular weight excluding hydrogens is 615 g/mol. The van der Waals surface area contributed by atoms with E-state index in [1.54, 1.807) is 42.5 Å². The number of carboxylic acids is 1. The second-order valence-electron chi connectivity index (χ2n) is 11.6. The summed E-state index contributed by atoms with van der Waals surface area (Å²) in [6.45, 7) is 1.87. The monoisotopic (exact) mass is 645 g/mol. The van der Waals surface area contributed by atoms with Gasteiger partial charge in [0.1, 0.15) is 5.00 Å². The normalized spacial score (nSPS) is 21.8. The van der Waals surface area contributed by atoms with Gasteiger partial charge in [0.15, 0.2) is 0 Å². The first-order valence-electron chi connectivity index (χ1n) is 14.7. The summed E-state index contributed by atoms with van der Waals surface area (Å²) in [6.07, 6.45) is 1.81. The van der Waals surface area contributed by atoms with E-state index < -0.39 is 40.2 Å². The SMILES string of the molecule is CC1=C(c2ccccc2)C=CC(Cl)(NC(=O)C(Cc2ccc(C(=O)O)cc2)C2(C(=O)C(F)(F)F)C=CC(c3ccccc3)=CC2)C1. The third-order valence-electron chi connectivity index (χ3n) is 8.50. The number of aromatic carboxylic acids is 1. The lowest BCUT2D eigenvalue weighted by atomic mass is 9.64. The second kappa shape index (κ2) is 13.0. The molecular formula is C37H31ClF3NO4. The summed E-state index contributed by atoms with van der Waals surface area (Å²) in [5.41, 5.74) is 2.16. The molecule has 0 heterocycles. The Morgan fingerprint density at radius 2 is 1.50 bits per heavy atom. The van der Waals surface area contributed by atoms with Crippen molar-refractivity contribution >= 4 is 40.4 Å². The van der Waals surface area contributed by atoms with E-state index >= 15 is 0 Å². The highest BCUT2D eigenvalue weighted by Gasteiger charge is 2.57. The van der Waals surface area contributed by atoms with E-state index in [-0.39, 0.29) is 24.8 Å². The van der Waals surface area contributed by atoms with E-state index in [0.717, 1.165) is 22.3 Å². The van der Waals surface area contributed by atoms with E-state index in [2.05, 4.69) is 5.32 Å². The maximum atomic E-state index is 14.3. The van der Waals surface area contributed by atoms with Crippen LogP contribution in [0, 0.1) is 11.3 Å². The van der Waals surface area contributed by atoms with Crippen LogP contribution in [0.5, 0.6) is 0 Å². The van der Waals surface area contributed by atoms with Gasteiger partial charge in [0.2, 0.25) is 11.7 Å². The maximum Gasteiger partial charge on any atom is 0.450 e. The Bertz CT molecular complexity index is 1760. The van der Waals surface area contributed by atoms with Crippen molar-refractivity contribution in [3.05, 3.63) is 143 Å². The van der Waals surface area contributed by atoms with E-state index in [4.69, 9.17) is 11.6 Å². The quantitative estimate of drug-likeness (QED) is 0.182. The molecule has 3 aromatic carbocycles. The fraction of sp³-hybridized carbons (Fsp3) is 0.216. The first-order valence-corrected chi connectivity index (χ1v) is 15.0. The predicted molar refractivity (Wildman–Crippen MR) is 172 cm³/mol. The van der Waals surface area contributed by atoms with Crippen LogP contribution < -0.4 is 5.32 Å². The molecule has 3 aromatic rings. The molecule has 0 radical (unpaired) electrons. The Labute approximate surface area is 269 Å². The second-order valence-corrected chi connectivity index (χ2v) is 12.3. The molecule has 1 amide bonds. The third kappa shape index (κ3) is 6.92. The van der Waals surface area contributed by atoms with Crippen LogP contribution in [0.3, 0.4) is 0 Å². The number of allylic oxidation sites excluding steroid dienone is 6. The molecule has 0 spiro atoms. The predicted octanol–water partition coefficient (Wildman–Crippen LogP) is 8.19. The highest BCUT2D eigenvalue weighted by atomic mass is 35.5. The average molecular weight is 646 g/mol. The molecule has 3 unspecified atom stereocenters. The molecule has 0 aromatic heterocycles. The minimum Gasteiger partial charge on any atom is -0.478 e. The Balaban J connectivity index is 1.53. The molecule has 46 heavy (non-hydrogen) atoms. The van der Waals surface area contributed by atoms with Gasteiger partial charge in [-0.3, -0.25) is 9.59 Å². The van der Waals surface area contributed by atoms with Gasteiger partial charge in [-0.05, 0) is 65.8 Å². The highest BCUT2D eigenvalue weighted by Crippen LogP contribution is 2.46. The van der Waals surface area contributed by atoms with Crippen LogP contribution in [0.25, 0.3) is 11.1 Å². The molecule has 0 saturated heterocycles. The van der Waals surface area contributed by atoms with Crippen LogP contribution >= 0.6 is 11.6 Å². The van der Waals surface area contributed by atoms with Crippen molar-refractivity contribution in [2.45, 2.75) is 37.4 Å². The van der Waals surface area contributed by atoms with Crippen LogP contribution in [0.2, 0.25) is 0 Å². The van der Waals surface area contributed by atoms with E-state index in [1.165, 1.54) is 36.4 Å². The number of benzene rings is 3. The number of ketones is 1. The van der Waals surface area contributed by atoms with E-state index in [9.17, 15) is 32.7 Å². The number of amides is 1. The largest absolute Gasteiger partial charge is 0.478 e. The topological polar surface area (TPSA) is 83.5 Å². The molecule has 0 saturated carbocycles. The van der Waals surface area contributed by atoms with Crippen molar-refractivity contribution in [2.24, 2.45) is 11.3 Å². The van der Waals surface area contributed by atoms with E-state index in [1.807, 2.05) is 43.3 Å². The molecule has 0 bridgehead atoms. The summed E-state index contributed by atoms with van der Waals surface area (Å²) in [6, 6.07) is 24.0. The van der Waals surface area contributed by atoms with Gasteiger partial charge in [0, 0.05) is 6.42 Å². The number of carbonyl (C=O) groups excluding carboxylic acids is 2. The summed E-state index contributed by atoms with van der Waals surface area (Å²) in [7, 11) is 0. The molecule has 0 fully saturated rings.